The summed E-state index contributed by atoms with van der Waals surface area (Å²) in [5, 5.41) is 0. The molecule has 0 aromatic carbocycles. The number of aryl methyl sites for hydroxylation is 1. The average Bonchev–Trinajstić information content (AvgIpc) is 3.37. The van der Waals surface area contributed by atoms with Crippen molar-refractivity contribution in [3.8, 4) is 0 Å². The van der Waals surface area contributed by atoms with E-state index < -0.39 is 30.1 Å². The van der Waals surface area contributed by atoms with E-state index in [1.807, 2.05) is 4.90 Å². The van der Waals surface area contributed by atoms with Crippen LogP contribution >= 0.6 is 0 Å². The normalized spacial score (nSPS) is 24.7. The van der Waals surface area contributed by atoms with Crippen LogP contribution in [0.3, 0.4) is 0 Å². The van der Waals surface area contributed by atoms with Gasteiger partial charge in [0.25, 0.3) is 5.56 Å². The Bertz CT molecular complexity index is 1120. The van der Waals surface area contributed by atoms with Gasteiger partial charge >= 0.3 is 6.18 Å². The summed E-state index contributed by atoms with van der Waals surface area (Å²) in [5.41, 5.74) is 0.257. The van der Waals surface area contributed by atoms with E-state index in [2.05, 4.69) is 9.97 Å². The summed E-state index contributed by atoms with van der Waals surface area (Å²) in [5.74, 6) is -0.305. The first-order chi connectivity index (χ1) is 15.2. The van der Waals surface area contributed by atoms with Gasteiger partial charge in [0.2, 0.25) is 5.95 Å². The van der Waals surface area contributed by atoms with Crippen LogP contribution in [0.4, 0.5) is 24.9 Å². The van der Waals surface area contributed by atoms with E-state index in [1.54, 1.807) is 13.0 Å². The molecule has 2 bridgehead atoms. The lowest BCUT2D eigenvalue weighted by Crippen LogP contribution is -2.54. The van der Waals surface area contributed by atoms with Gasteiger partial charge in [0.05, 0.1) is 25.3 Å². The standard InChI is InChI=1S/C21H22F3N5O3/c1-12-15(3-2-5-25-12)16(30)10-29-17(21(22,23)24)4-6-27-19(31)8-18(26-20(27)29)28-9-14-7-13(28)11-32-14/h2-3,5,8,13-14,17H,4,6-7,9-11H2,1H3/t13?,14?,17-/m0/s1. The maximum absolute atomic E-state index is 13.9. The molecule has 5 heterocycles. The Balaban J connectivity index is 1.55. The van der Waals surface area contributed by atoms with Gasteiger partial charge in [-0.1, -0.05) is 0 Å². The molecule has 2 fully saturated rings. The molecule has 5 rings (SSSR count). The molecule has 2 unspecified atom stereocenters. The van der Waals surface area contributed by atoms with Crippen molar-refractivity contribution < 1.29 is 22.7 Å². The monoisotopic (exact) mass is 449 g/mol. The number of ether oxygens (including phenoxy) is 1. The first kappa shape index (κ1) is 20.9. The molecule has 3 aliphatic heterocycles. The molecule has 3 atom stereocenters. The van der Waals surface area contributed by atoms with Crippen LogP contribution in [-0.4, -0.2) is 64.4 Å². The number of hydrogen-bond donors (Lipinski definition) is 0. The number of halogens is 3. The Labute approximate surface area is 181 Å². The van der Waals surface area contributed by atoms with E-state index in [-0.39, 0.29) is 36.6 Å². The predicted octanol–water partition coefficient (Wildman–Crippen LogP) is 1.95. The summed E-state index contributed by atoms with van der Waals surface area (Å²) in [7, 11) is 0. The minimum atomic E-state index is -4.58. The van der Waals surface area contributed by atoms with Crippen molar-refractivity contribution in [3.05, 3.63) is 46.0 Å². The second-order valence-corrected chi connectivity index (χ2v) is 8.43. The molecule has 0 amide bonds. The van der Waals surface area contributed by atoms with Crippen LogP contribution in [-0.2, 0) is 11.3 Å². The highest BCUT2D eigenvalue weighted by Gasteiger charge is 2.48. The number of alkyl halides is 3. The highest BCUT2D eigenvalue weighted by atomic mass is 19.4. The molecule has 0 aliphatic carbocycles. The minimum absolute atomic E-state index is 0.0368. The van der Waals surface area contributed by atoms with Crippen molar-refractivity contribution in [3.63, 3.8) is 0 Å². The molecule has 11 heteroatoms. The number of pyridine rings is 1. The summed E-state index contributed by atoms with van der Waals surface area (Å²) in [6.07, 6.45) is -2.56. The Morgan fingerprint density at radius 3 is 2.81 bits per heavy atom. The molecule has 2 saturated heterocycles. The molecule has 170 valence electrons. The second kappa shape index (κ2) is 7.58. The number of ketones is 1. The van der Waals surface area contributed by atoms with Crippen LogP contribution in [0.15, 0.2) is 29.2 Å². The molecule has 0 saturated carbocycles. The Hall–Kier alpha value is -2.95. The van der Waals surface area contributed by atoms with E-state index >= 15 is 0 Å². The smallest absolute Gasteiger partial charge is 0.374 e. The van der Waals surface area contributed by atoms with E-state index in [4.69, 9.17) is 4.74 Å². The zero-order valence-corrected chi connectivity index (χ0v) is 17.4. The third-order valence-electron chi connectivity index (χ3n) is 6.43. The van der Waals surface area contributed by atoms with E-state index in [1.165, 1.54) is 22.9 Å². The van der Waals surface area contributed by atoms with E-state index in [0.717, 1.165) is 11.3 Å². The molecule has 0 N–H and O–H groups in total. The fourth-order valence-corrected chi connectivity index (χ4v) is 4.83. The van der Waals surface area contributed by atoms with Crippen LogP contribution < -0.4 is 15.4 Å². The SMILES string of the molecule is Cc1ncccc1C(=O)CN1c2nc(N3CC4CC3CO4)cc(=O)n2CC[C@H]1C(F)(F)F. The number of fused-ring (bicyclic) bond motifs is 3. The van der Waals surface area contributed by atoms with Crippen molar-refractivity contribution in [1.29, 1.82) is 0 Å². The minimum Gasteiger partial charge on any atom is -0.374 e. The Morgan fingerprint density at radius 1 is 1.34 bits per heavy atom. The number of carbonyl (C=O) groups is 1. The highest BCUT2D eigenvalue weighted by molar-refractivity contribution is 6.00. The Kier molecular flexibility index (Phi) is 4.95. The van der Waals surface area contributed by atoms with Gasteiger partial charge in [-0.3, -0.25) is 19.1 Å². The van der Waals surface area contributed by atoms with Gasteiger partial charge in [-0.15, -0.1) is 0 Å². The van der Waals surface area contributed by atoms with Crippen LogP contribution in [0.25, 0.3) is 0 Å². The maximum atomic E-state index is 13.9. The van der Waals surface area contributed by atoms with E-state index in [9.17, 15) is 22.8 Å². The van der Waals surface area contributed by atoms with Crippen LogP contribution in [0, 0.1) is 6.92 Å². The summed E-state index contributed by atoms with van der Waals surface area (Å²) in [6.45, 7) is 2.00. The van der Waals surface area contributed by atoms with Gasteiger partial charge in [-0.2, -0.15) is 18.2 Å². The number of nitrogens with zero attached hydrogens (tertiary/aromatic N) is 5. The summed E-state index contributed by atoms with van der Waals surface area (Å²) in [4.78, 5) is 37.2. The van der Waals surface area contributed by atoms with Crippen LogP contribution in [0.5, 0.6) is 0 Å². The van der Waals surface area contributed by atoms with Gasteiger partial charge < -0.3 is 14.5 Å². The van der Waals surface area contributed by atoms with Gasteiger partial charge in [0.1, 0.15) is 11.9 Å². The number of hydrogen-bond acceptors (Lipinski definition) is 7. The third kappa shape index (κ3) is 3.54. The lowest BCUT2D eigenvalue weighted by molar-refractivity contribution is -0.152. The lowest BCUT2D eigenvalue weighted by atomic mass is 10.1. The first-order valence-electron chi connectivity index (χ1n) is 10.5. The summed E-state index contributed by atoms with van der Waals surface area (Å²) in [6, 6.07) is 2.60. The molecule has 32 heavy (non-hydrogen) atoms. The lowest BCUT2D eigenvalue weighted by Gasteiger charge is -2.39. The number of morpholine rings is 1. The largest absolute Gasteiger partial charge is 0.408 e. The number of carbonyl (C=O) groups excluding carboxylic acids is 1. The second-order valence-electron chi connectivity index (χ2n) is 8.43. The number of anilines is 2. The van der Waals surface area contributed by atoms with Crippen molar-refractivity contribution in [2.24, 2.45) is 0 Å². The molecule has 3 aliphatic rings. The zero-order valence-electron chi connectivity index (χ0n) is 17.4. The number of aromatic nitrogens is 3. The fourth-order valence-electron chi connectivity index (χ4n) is 4.83. The number of Topliss-reactive ketones (excluding diaryl/α,β-unsaturated/α-hetero) is 1. The molecule has 8 nitrogen and oxygen atoms in total. The van der Waals surface area contributed by atoms with Crippen molar-refractivity contribution in [2.75, 3.05) is 29.5 Å². The average molecular weight is 449 g/mol. The van der Waals surface area contributed by atoms with Gasteiger partial charge in [-0.05, 0) is 31.9 Å². The molecule has 0 spiro atoms. The molecule has 2 aromatic heterocycles. The van der Waals surface area contributed by atoms with Crippen LogP contribution in [0.1, 0.15) is 28.9 Å². The van der Waals surface area contributed by atoms with Crippen molar-refractivity contribution in [2.45, 2.75) is 50.7 Å². The quantitative estimate of drug-likeness (QED) is 0.660. The van der Waals surface area contributed by atoms with Gasteiger partial charge in [0, 0.05) is 36.6 Å². The van der Waals surface area contributed by atoms with E-state index in [0.29, 0.717) is 24.7 Å². The van der Waals surface area contributed by atoms with Gasteiger partial charge in [0.15, 0.2) is 5.78 Å². The summed E-state index contributed by atoms with van der Waals surface area (Å²) < 4.78 is 48.6. The molecule has 2 aromatic rings. The van der Waals surface area contributed by atoms with Crippen molar-refractivity contribution >= 4 is 17.5 Å². The number of rotatable bonds is 4. The fraction of sp³-hybridized carbons (Fsp3) is 0.524. The Morgan fingerprint density at radius 2 is 2.16 bits per heavy atom. The van der Waals surface area contributed by atoms with Gasteiger partial charge in [-0.25, -0.2) is 0 Å². The first-order valence-corrected chi connectivity index (χ1v) is 10.5. The zero-order chi connectivity index (χ0) is 22.6. The topological polar surface area (TPSA) is 80.6 Å². The summed E-state index contributed by atoms with van der Waals surface area (Å²) >= 11 is 0. The van der Waals surface area contributed by atoms with Crippen molar-refractivity contribution in [1.82, 2.24) is 14.5 Å². The maximum Gasteiger partial charge on any atom is 0.408 e. The molecular formula is C21H22F3N5O3. The van der Waals surface area contributed by atoms with Crippen LogP contribution in [0.2, 0.25) is 0 Å². The predicted molar refractivity (Wildman–Crippen MR) is 109 cm³/mol. The highest BCUT2D eigenvalue weighted by Crippen LogP contribution is 2.36. The molecule has 0 radical (unpaired) electrons. The molecular weight excluding hydrogens is 427 g/mol. The third-order valence-corrected chi connectivity index (χ3v) is 6.43.